The minimum atomic E-state index is 0.326. The van der Waals surface area contributed by atoms with Gasteiger partial charge in [0.2, 0.25) is 0 Å². The van der Waals surface area contributed by atoms with E-state index in [9.17, 15) is 0 Å². The fraction of sp³-hybridized carbons (Fsp3) is 0.533. The van der Waals surface area contributed by atoms with E-state index in [1.807, 2.05) is 6.07 Å². The van der Waals surface area contributed by atoms with Crippen molar-refractivity contribution < 1.29 is 4.74 Å². The van der Waals surface area contributed by atoms with Gasteiger partial charge < -0.3 is 4.74 Å². The van der Waals surface area contributed by atoms with Crippen molar-refractivity contribution in [1.29, 1.82) is 0 Å². The molecule has 1 aromatic heterocycles. The Hall–Kier alpha value is -1.20. The SMILES string of the molecule is CC1CCCC(Oc2cncc(C#CCCl)c2)C1. The van der Waals surface area contributed by atoms with Crippen molar-refractivity contribution in [2.45, 2.75) is 38.7 Å². The van der Waals surface area contributed by atoms with Gasteiger partial charge in [0.05, 0.1) is 18.2 Å². The first-order chi connectivity index (χ1) is 8.78. The van der Waals surface area contributed by atoms with Gasteiger partial charge in [-0.2, -0.15) is 0 Å². The van der Waals surface area contributed by atoms with Crippen molar-refractivity contribution in [1.82, 2.24) is 4.98 Å². The van der Waals surface area contributed by atoms with Crippen LogP contribution in [0.15, 0.2) is 18.5 Å². The molecule has 0 aromatic carbocycles. The summed E-state index contributed by atoms with van der Waals surface area (Å²) in [7, 11) is 0. The number of alkyl halides is 1. The molecule has 18 heavy (non-hydrogen) atoms. The number of ether oxygens (including phenoxy) is 1. The van der Waals surface area contributed by atoms with Gasteiger partial charge >= 0.3 is 0 Å². The number of aromatic nitrogens is 1. The maximum absolute atomic E-state index is 5.98. The average Bonchev–Trinajstić information content (AvgIpc) is 2.37. The largest absolute Gasteiger partial charge is 0.489 e. The number of nitrogens with zero attached hydrogens (tertiary/aromatic N) is 1. The van der Waals surface area contributed by atoms with Gasteiger partial charge in [-0.1, -0.05) is 25.2 Å². The van der Waals surface area contributed by atoms with E-state index in [2.05, 4.69) is 23.7 Å². The minimum absolute atomic E-state index is 0.326. The van der Waals surface area contributed by atoms with E-state index in [0.29, 0.717) is 12.0 Å². The van der Waals surface area contributed by atoms with E-state index in [1.54, 1.807) is 12.4 Å². The lowest BCUT2D eigenvalue weighted by molar-refractivity contribution is 0.129. The maximum atomic E-state index is 5.98. The molecule has 0 saturated heterocycles. The van der Waals surface area contributed by atoms with Gasteiger partial charge in [0.25, 0.3) is 0 Å². The summed E-state index contributed by atoms with van der Waals surface area (Å²) in [5, 5.41) is 0. The molecule has 2 nitrogen and oxygen atoms in total. The van der Waals surface area contributed by atoms with Crippen molar-refractivity contribution >= 4 is 11.6 Å². The second kappa shape index (κ2) is 6.66. The smallest absolute Gasteiger partial charge is 0.139 e. The Balaban J connectivity index is 2.00. The van der Waals surface area contributed by atoms with Crippen LogP contribution in [0.25, 0.3) is 0 Å². The standard InChI is InChI=1S/C15H18ClNO/c1-12-4-2-6-14(8-12)18-15-9-13(5-3-7-16)10-17-11-15/h9-12,14H,2,4,6-8H2,1H3. The van der Waals surface area contributed by atoms with E-state index in [0.717, 1.165) is 30.1 Å². The summed E-state index contributed by atoms with van der Waals surface area (Å²) in [5.41, 5.74) is 0.858. The van der Waals surface area contributed by atoms with Gasteiger partial charge in [0, 0.05) is 11.8 Å². The van der Waals surface area contributed by atoms with Gasteiger partial charge in [0.1, 0.15) is 5.75 Å². The van der Waals surface area contributed by atoms with Crippen LogP contribution in [-0.4, -0.2) is 17.0 Å². The van der Waals surface area contributed by atoms with Crippen molar-refractivity contribution in [2.75, 3.05) is 5.88 Å². The molecule has 0 amide bonds. The van der Waals surface area contributed by atoms with Crippen molar-refractivity contribution in [3.8, 4) is 17.6 Å². The predicted molar refractivity (Wildman–Crippen MR) is 73.9 cm³/mol. The second-order valence-electron chi connectivity index (χ2n) is 4.86. The lowest BCUT2D eigenvalue weighted by Crippen LogP contribution is -2.24. The zero-order chi connectivity index (χ0) is 12.8. The second-order valence-corrected chi connectivity index (χ2v) is 5.12. The molecular formula is C15H18ClNO. The quantitative estimate of drug-likeness (QED) is 0.600. The highest BCUT2D eigenvalue weighted by Crippen LogP contribution is 2.27. The molecule has 2 atom stereocenters. The summed E-state index contributed by atoms with van der Waals surface area (Å²) >= 11 is 5.54. The van der Waals surface area contributed by atoms with Crippen LogP contribution in [0, 0.1) is 17.8 Å². The van der Waals surface area contributed by atoms with E-state index in [4.69, 9.17) is 16.3 Å². The average molecular weight is 264 g/mol. The molecule has 1 heterocycles. The van der Waals surface area contributed by atoms with E-state index in [1.165, 1.54) is 12.8 Å². The Morgan fingerprint density at radius 2 is 2.33 bits per heavy atom. The summed E-state index contributed by atoms with van der Waals surface area (Å²) in [5.74, 6) is 7.69. The Kier molecular flexibility index (Phi) is 4.90. The zero-order valence-corrected chi connectivity index (χ0v) is 11.4. The molecule has 0 spiro atoms. The molecule has 2 rings (SSSR count). The van der Waals surface area contributed by atoms with Crippen molar-refractivity contribution in [3.05, 3.63) is 24.0 Å². The summed E-state index contributed by atoms with van der Waals surface area (Å²) in [4.78, 5) is 4.15. The maximum Gasteiger partial charge on any atom is 0.139 e. The molecule has 1 fully saturated rings. The highest BCUT2D eigenvalue weighted by Gasteiger charge is 2.20. The lowest BCUT2D eigenvalue weighted by atomic mass is 9.89. The van der Waals surface area contributed by atoms with Gasteiger partial charge in [-0.3, -0.25) is 4.98 Å². The molecular weight excluding hydrogens is 246 g/mol. The molecule has 1 aromatic rings. The highest BCUT2D eigenvalue weighted by atomic mass is 35.5. The normalized spacial score (nSPS) is 23.0. The van der Waals surface area contributed by atoms with Gasteiger partial charge in [-0.25, -0.2) is 0 Å². The van der Waals surface area contributed by atoms with Crippen LogP contribution in [0.5, 0.6) is 5.75 Å². The fourth-order valence-corrected chi connectivity index (χ4v) is 2.43. The Morgan fingerprint density at radius 3 is 3.11 bits per heavy atom. The number of rotatable bonds is 2. The molecule has 3 heteroatoms. The molecule has 1 aliphatic carbocycles. The lowest BCUT2D eigenvalue weighted by Gasteiger charge is -2.27. The van der Waals surface area contributed by atoms with Gasteiger partial charge in [0.15, 0.2) is 0 Å². The Labute approximate surface area is 114 Å². The predicted octanol–water partition coefficient (Wildman–Crippen LogP) is 3.63. The Bertz CT molecular complexity index is 449. The summed E-state index contributed by atoms with van der Waals surface area (Å²) in [6.45, 7) is 2.29. The Morgan fingerprint density at radius 1 is 1.44 bits per heavy atom. The molecule has 1 saturated carbocycles. The number of halogens is 1. The van der Waals surface area contributed by atoms with E-state index in [-0.39, 0.29) is 0 Å². The van der Waals surface area contributed by atoms with Crippen LogP contribution in [0.4, 0.5) is 0 Å². The number of pyridine rings is 1. The third kappa shape index (κ3) is 3.92. The monoisotopic (exact) mass is 263 g/mol. The molecule has 2 unspecified atom stereocenters. The zero-order valence-electron chi connectivity index (χ0n) is 10.7. The summed E-state index contributed by atoms with van der Waals surface area (Å²) in [6, 6.07) is 1.94. The topological polar surface area (TPSA) is 22.1 Å². The fourth-order valence-electron chi connectivity index (χ4n) is 2.37. The first-order valence-electron chi connectivity index (χ1n) is 6.44. The van der Waals surface area contributed by atoms with Crippen LogP contribution in [-0.2, 0) is 0 Å². The van der Waals surface area contributed by atoms with Crippen LogP contribution >= 0.6 is 11.6 Å². The third-order valence-corrected chi connectivity index (χ3v) is 3.34. The molecule has 96 valence electrons. The van der Waals surface area contributed by atoms with Crippen LogP contribution in [0.2, 0.25) is 0 Å². The molecule has 0 radical (unpaired) electrons. The van der Waals surface area contributed by atoms with Crippen molar-refractivity contribution in [2.24, 2.45) is 5.92 Å². The number of hydrogen-bond donors (Lipinski definition) is 0. The summed E-state index contributed by atoms with van der Waals surface area (Å²) < 4.78 is 5.98. The van der Waals surface area contributed by atoms with Crippen molar-refractivity contribution in [3.63, 3.8) is 0 Å². The molecule has 0 N–H and O–H groups in total. The van der Waals surface area contributed by atoms with Crippen LogP contribution in [0.1, 0.15) is 38.2 Å². The molecule has 1 aliphatic rings. The van der Waals surface area contributed by atoms with Gasteiger partial charge in [-0.15, -0.1) is 11.6 Å². The molecule has 0 aliphatic heterocycles. The first kappa shape index (κ1) is 13.2. The van der Waals surface area contributed by atoms with E-state index < -0.39 is 0 Å². The minimum Gasteiger partial charge on any atom is -0.489 e. The van der Waals surface area contributed by atoms with Gasteiger partial charge in [-0.05, 0) is 31.2 Å². The first-order valence-corrected chi connectivity index (χ1v) is 6.98. The third-order valence-electron chi connectivity index (χ3n) is 3.20. The molecule has 0 bridgehead atoms. The highest BCUT2D eigenvalue weighted by molar-refractivity contribution is 6.19. The summed E-state index contributed by atoms with van der Waals surface area (Å²) in [6.07, 6.45) is 8.66. The van der Waals surface area contributed by atoms with Crippen LogP contribution < -0.4 is 4.74 Å². The van der Waals surface area contributed by atoms with Crippen LogP contribution in [0.3, 0.4) is 0 Å². The number of hydrogen-bond acceptors (Lipinski definition) is 2. The van der Waals surface area contributed by atoms with E-state index >= 15 is 0 Å².